The normalized spacial score (nSPS) is 16.9. The van der Waals surface area contributed by atoms with E-state index in [4.69, 9.17) is 16.3 Å². The van der Waals surface area contributed by atoms with E-state index in [-0.39, 0.29) is 10.4 Å². The quantitative estimate of drug-likeness (QED) is 0.580. The van der Waals surface area contributed by atoms with Crippen LogP contribution in [0.2, 0.25) is 0 Å². The monoisotopic (exact) mass is 269 g/mol. The molecule has 90 valence electrons. The Hall–Kier alpha value is -1.13. The van der Waals surface area contributed by atoms with Crippen LogP contribution in [0.5, 0.6) is 5.75 Å². The van der Waals surface area contributed by atoms with Crippen LogP contribution in [0, 0.1) is 0 Å². The lowest BCUT2D eigenvalue weighted by atomic mass is 9.86. The van der Waals surface area contributed by atoms with Crippen LogP contribution >= 0.6 is 23.8 Å². The van der Waals surface area contributed by atoms with Gasteiger partial charge in [-0.3, -0.25) is 4.79 Å². The molecule has 2 rings (SSSR count). The van der Waals surface area contributed by atoms with Crippen LogP contribution in [0.3, 0.4) is 0 Å². The van der Waals surface area contributed by atoms with Crippen LogP contribution in [-0.2, 0) is 10.2 Å². The van der Waals surface area contributed by atoms with Gasteiger partial charge in [-0.05, 0) is 49.3 Å². The van der Waals surface area contributed by atoms with E-state index in [1.165, 1.54) is 0 Å². The zero-order valence-electron chi connectivity index (χ0n) is 9.78. The molecule has 0 bridgehead atoms. The van der Waals surface area contributed by atoms with Crippen molar-refractivity contribution in [2.75, 3.05) is 11.9 Å². The molecule has 1 aliphatic heterocycles. The Bertz CT molecular complexity index is 513. The zero-order chi connectivity index (χ0) is 12.8. The Morgan fingerprint density at radius 2 is 2.12 bits per heavy atom. The van der Waals surface area contributed by atoms with E-state index in [1.807, 2.05) is 19.9 Å². The minimum atomic E-state index is -0.496. The van der Waals surface area contributed by atoms with E-state index in [9.17, 15) is 4.79 Å². The van der Waals surface area contributed by atoms with Crippen LogP contribution in [0.4, 0.5) is 5.69 Å². The van der Waals surface area contributed by atoms with Crippen molar-refractivity contribution in [3.05, 3.63) is 23.8 Å². The first-order chi connectivity index (χ1) is 7.84. The van der Waals surface area contributed by atoms with Gasteiger partial charge in [0.25, 0.3) is 4.51 Å². The van der Waals surface area contributed by atoms with Crippen molar-refractivity contribution >= 4 is 39.9 Å². The average Bonchev–Trinajstić information content (AvgIpc) is 2.40. The average molecular weight is 270 g/mol. The zero-order valence-corrected chi connectivity index (χ0v) is 11.4. The number of hydrogen-bond donors (Lipinski definition) is 0. The molecule has 0 unspecified atom stereocenters. The predicted molar refractivity (Wildman–Crippen MR) is 72.0 cm³/mol. The molecule has 5 heteroatoms. The summed E-state index contributed by atoms with van der Waals surface area (Å²) in [4.78, 5) is 13.7. The SMILES string of the molecule is CN1C(=O)C(C)(C)c2ccc(OC(=S)Cl)cc21. The third-order valence-electron chi connectivity index (χ3n) is 3.04. The van der Waals surface area contributed by atoms with E-state index in [1.54, 1.807) is 24.1 Å². The van der Waals surface area contributed by atoms with Gasteiger partial charge in [-0.2, -0.15) is 0 Å². The summed E-state index contributed by atoms with van der Waals surface area (Å²) in [6.45, 7) is 3.81. The maximum absolute atomic E-state index is 12.1. The fraction of sp³-hybridized carbons (Fsp3) is 0.333. The van der Waals surface area contributed by atoms with Crippen LogP contribution < -0.4 is 9.64 Å². The van der Waals surface area contributed by atoms with E-state index in [0.29, 0.717) is 5.75 Å². The summed E-state index contributed by atoms with van der Waals surface area (Å²) >= 11 is 10.2. The van der Waals surface area contributed by atoms with Crippen molar-refractivity contribution in [1.29, 1.82) is 0 Å². The second kappa shape index (κ2) is 3.96. The van der Waals surface area contributed by atoms with Crippen molar-refractivity contribution in [3.8, 4) is 5.75 Å². The molecule has 1 aromatic carbocycles. The molecule has 1 aliphatic rings. The van der Waals surface area contributed by atoms with Gasteiger partial charge >= 0.3 is 0 Å². The number of anilines is 1. The molecule has 1 amide bonds. The van der Waals surface area contributed by atoms with E-state index < -0.39 is 5.41 Å². The number of thiocarbonyl (C=S) groups is 1. The molecule has 17 heavy (non-hydrogen) atoms. The number of nitrogens with zero attached hydrogens (tertiary/aromatic N) is 1. The highest BCUT2D eigenvalue weighted by molar-refractivity contribution is 7.82. The van der Waals surface area contributed by atoms with Crippen LogP contribution in [0.15, 0.2) is 18.2 Å². The summed E-state index contributed by atoms with van der Waals surface area (Å²) in [7, 11) is 1.75. The molecule has 0 saturated carbocycles. The molecule has 0 aromatic heterocycles. The van der Waals surface area contributed by atoms with Crippen LogP contribution in [0.25, 0.3) is 0 Å². The highest BCUT2D eigenvalue weighted by Crippen LogP contribution is 2.42. The number of rotatable bonds is 1. The van der Waals surface area contributed by atoms with E-state index in [2.05, 4.69) is 12.2 Å². The predicted octanol–water partition coefficient (Wildman–Crippen LogP) is 2.84. The third kappa shape index (κ3) is 1.91. The molecule has 0 aliphatic carbocycles. The Kier molecular flexibility index (Phi) is 2.87. The van der Waals surface area contributed by atoms with Crippen molar-refractivity contribution in [2.24, 2.45) is 0 Å². The molecule has 1 aromatic rings. The van der Waals surface area contributed by atoms with Crippen LogP contribution in [-0.4, -0.2) is 17.5 Å². The van der Waals surface area contributed by atoms with Crippen LogP contribution in [0.1, 0.15) is 19.4 Å². The molecule has 0 atom stereocenters. The Morgan fingerprint density at radius 1 is 1.47 bits per heavy atom. The highest BCUT2D eigenvalue weighted by Gasteiger charge is 2.42. The van der Waals surface area contributed by atoms with Gasteiger partial charge < -0.3 is 9.64 Å². The van der Waals surface area contributed by atoms with E-state index in [0.717, 1.165) is 11.3 Å². The first-order valence-corrected chi connectivity index (χ1v) is 5.92. The minimum absolute atomic E-state index is 0.0591. The molecule has 0 fully saturated rings. The molecule has 1 heterocycles. The number of fused-ring (bicyclic) bond motifs is 1. The number of hydrogen-bond acceptors (Lipinski definition) is 3. The number of amides is 1. The third-order valence-corrected chi connectivity index (χ3v) is 3.20. The summed E-state index contributed by atoms with van der Waals surface area (Å²) in [6.07, 6.45) is 0. The van der Waals surface area contributed by atoms with Gasteiger partial charge in [-0.15, -0.1) is 0 Å². The molecule has 0 spiro atoms. The summed E-state index contributed by atoms with van der Waals surface area (Å²) in [5.74, 6) is 0.610. The maximum Gasteiger partial charge on any atom is 0.260 e. The summed E-state index contributed by atoms with van der Waals surface area (Å²) in [5.41, 5.74) is 1.33. The second-order valence-corrected chi connectivity index (χ2v) is 5.45. The Morgan fingerprint density at radius 3 is 2.71 bits per heavy atom. The van der Waals surface area contributed by atoms with Gasteiger partial charge in [0.05, 0.1) is 11.1 Å². The largest absolute Gasteiger partial charge is 0.436 e. The van der Waals surface area contributed by atoms with Crippen molar-refractivity contribution in [1.82, 2.24) is 0 Å². The summed E-state index contributed by atoms with van der Waals surface area (Å²) in [6, 6.07) is 5.42. The molecule has 0 N–H and O–H groups in total. The van der Waals surface area contributed by atoms with E-state index >= 15 is 0 Å². The summed E-state index contributed by atoms with van der Waals surface area (Å²) in [5, 5.41) is 0. The highest BCUT2D eigenvalue weighted by atomic mass is 35.5. The Labute approximate surface area is 110 Å². The number of carbonyl (C=O) groups is 1. The molecular formula is C12H12ClNO2S. The first-order valence-electron chi connectivity index (χ1n) is 5.14. The fourth-order valence-electron chi connectivity index (χ4n) is 2.12. The lowest BCUT2D eigenvalue weighted by Gasteiger charge is -2.16. The standard InChI is InChI=1S/C12H12ClNO2S/c1-12(2)8-5-4-7(16-11(13)17)6-9(8)14(3)10(12)15/h4-6H,1-3H3. The molecule has 0 saturated heterocycles. The van der Waals surface area contributed by atoms with Gasteiger partial charge in [0.15, 0.2) is 0 Å². The number of halogens is 1. The van der Waals surface area contributed by atoms with Gasteiger partial charge in [-0.1, -0.05) is 6.07 Å². The molecule has 0 radical (unpaired) electrons. The summed E-state index contributed by atoms with van der Waals surface area (Å²) < 4.78 is 5.09. The number of likely N-dealkylation sites (N-methyl/N-ethyl adjacent to an activating group) is 1. The molecule has 3 nitrogen and oxygen atoms in total. The van der Waals surface area contributed by atoms with Gasteiger partial charge in [0, 0.05) is 13.1 Å². The lowest BCUT2D eigenvalue weighted by Crippen LogP contribution is -2.33. The van der Waals surface area contributed by atoms with Crippen molar-refractivity contribution < 1.29 is 9.53 Å². The van der Waals surface area contributed by atoms with Gasteiger partial charge in [-0.25, -0.2) is 0 Å². The second-order valence-electron chi connectivity index (χ2n) is 4.51. The number of benzene rings is 1. The fourth-order valence-corrected chi connectivity index (χ4v) is 2.30. The van der Waals surface area contributed by atoms with Crippen molar-refractivity contribution in [3.63, 3.8) is 0 Å². The number of ether oxygens (including phenoxy) is 1. The van der Waals surface area contributed by atoms with Gasteiger partial charge in [0.2, 0.25) is 5.91 Å². The van der Waals surface area contributed by atoms with Crippen molar-refractivity contribution in [2.45, 2.75) is 19.3 Å². The maximum atomic E-state index is 12.1. The van der Waals surface area contributed by atoms with Gasteiger partial charge in [0.1, 0.15) is 5.75 Å². The smallest absolute Gasteiger partial charge is 0.260 e. The Balaban J connectivity index is 2.49. The number of carbonyl (C=O) groups excluding carboxylic acids is 1. The minimum Gasteiger partial charge on any atom is -0.436 e. The lowest BCUT2D eigenvalue weighted by molar-refractivity contribution is -0.121. The topological polar surface area (TPSA) is 29.5 Å². The first kappa shape index (κ1) is 12.3. The molecular weight excluding hydrogens is 258 g/mol.